The number of benzene rings is 1. The predicted molar refractivity (Wildman–Crippen MR) is 80.5 cm³/mol. The Morgan fingerprint density at radius 1 is 1.42 bits per heavy atom. The van der Waals surface area contributed by atoms with Gasteiger partial charge in [0.25, 0.3) is 0 Å². The van der Waals surface area contributed by atoms with Crippen LogP contribution in [0, 0.1) is 22.7 Å². The summed E-state index contributed by atoms with van der Waals surface area (Å²) in [6, 6.07) is 8.09. The Morgan fingerprint density at radius 2 is 2.21 bits per heavy atom. The molecule has 2 unspecified atom stereocenters. The van der Waals surface area contributed by atoms with Gasteiger partial charge in [-0.3, -0.25) is 0 Å². The fourth-order valence-electron chi connectivity index (χ4n) is 3.18. The van der Waals surface area contributed by atoms with Crippen LogP contribution < -0.4 is 0 Å². The van der Waals surface area contributed by atoms with Crippen molar-refractivity contribution in [2.75, 3.05) is 0 Å². The zero-order valence-corrected chi connectivity index (χ0v) is 12.8. The highest BCUT2D eigenvalue weighted by Crippen LogP contribution is 2.43. The molecule has 1 fully saturated rings. The summed E-state index contributed by atoms with van der Waals surface area (Å²) in [6.45, 7) is 2.21. The average Bonchev–Trinajstić information content (AvgIpc) is 2.43. The summed E-state index contributed by atoms with van der Waals surface area (Å²) in [5.74, 6) is 0.673. The standard InChI is InChI=1S/C16H19Cl2N/c1-2-12-4-3-7-16(9-12,11-19)10-13-8-14(17)5-6-15(13)18/h5-6,8,12H,2-4,7,9-10H2,1H3. The van der Waals surface area contributed by atoms with Crippen LogP contribution in [0.3, 0.4) is 0 Å². The molecule has 19 heavy (non-hydrogen) atoms. The van der Waals surface area contributed by atoms with E-state index < -0.39 is 0 Å². The Balaban J connectivity index is 2.23. The molecular weight excluding hydrogens is 277 g/mol. The topological polar surface area (TPSA) is 23.8 Å². The van der Waals surface area contributed by atoms with Gasteiger partial charge in [0.2, 0.25) is 0 Å². The van der Waals surface area contributed by atoms with Gasteiger partial charge < -0.3 is 0 Å². The van der Waals surface area contributed by atoms with Crippen LogP contribution in [0.25, 0.3) is 0 Å². The normalized spacial score (nSPS) is 26.9. The molecule has 0 aliphatic heterocycles. The van der Waals surface area contributed by atoms with E-state index in [1.54, 1.807) is 6.07 Å². The second-order valence-electron chi connectivity index (χ2n) is 5.68. The molecule has 1 aromatic carbocycles. The van der Waals surface area contributed by atoms with Crippen LogP contribution in [0.2, 0.25) is 10.0 Å². The summed E-state index contributed by atoms with van der Waals surface area (Å²) >= 11 is 12.3. The van der Waals surface area contributed by atoms with E-state index in [0.29, 0.717) is 10.9 Å². The van der Waals surface area contributed by atoms with Crippen molar-refractivity contribution in [3.05, 3.63) is 33.8 Å². The first kappa shape index (κ1) is 14.7. The highest BCUT2D eigenvalue weighted by Gasteiger charge is 2.36. The minimum Gasteiger partial charge on any atom is -0.198 e. The third kappa shape index (κ3) is 3.44. The molecule has 1 nitrogen and oxygen atoms in total. The number of rotatable bonds is 3. The number of halogens is 2. The van der Waals surface area contributed by atoms with Crippen molar-refractivity contribution >= 4 is 23.2 Å². The third-order valence-corrected chi connectivity index (χ3v) is 4.90. The van der Waals surface area contributed by atoms with Gasteiger partial charge in [-0.25, -0.2) is 0 Å². The van der Waals surface area contributed by atoms with Crippen molar-refractivity contribution in [3.63, 3.8) is 0 Å². The molecule has 3 heteroatoms. The zero-order valence-electron chi connectivity index (χ0n) is 11.3. The van der Waals surface area contributed by atoms with Crippen LogP contribution in [-0.2, 0) is 6.42 Å². The van der Waals surface area contributed by atoms with Gasteiger partial charge >= 0.3 is 0 Å². The van der Waals surface area contributed by atoms with Gasteiger partial charge in [0.15, 0.2) is 0 Å². The van der Waals surface area contributed by atoms with E-state index in [1.807, 2.05) is 12.1 Å². The van der Waals surface area contributed by atoms with E-state index in [-0.39, 0.29) is 5.41 Å². The summed E-state index contributed by atoms with van der Waals surface area (Å²) in [4.78, 5) is 0. The largest absolute Gasteiger partial charge is 0.198 e. The monoisotopic (exact) mass is 295 g/mol. The van der Waals surface area contributed by atoms with Gasteiger partial charge in [-0.15, -0.1) is 0 Å². The first-order valence-electron chi connectivity index (χ1n) is 6.94. The third-order valence-electron chi connectivity index (χ3n) is 4.30. The molecular formula is C16H19Cl2N. The van der Waals surface area contributed by atoms with E-state index >= 15 is 0 Å². The van der Waals surface area contributed by atoms with E-state index in [0.717, 1.165) is 42.7 Å². The molecule has 0 radical (unpaired) electrons. The molecule has 2 rings (SSSR count). The smallest absolute Gasteiger partial charge is 0.0693 e. The molecule has 1 saturated carbocycles. The number of nitrogens with zero attached hydrogens (tertiary/aromatic N) is 1. The van der Waals surface area contributed by atoms with Crippen LogP contribution in [0.1, 0.15) is 44.6 Å². The van der Waals surface area contributed by atoms with Gasteiger partial charge in [-0.2, -0.15) is 5.26 Å². The molecule has 0 heterocycles. The van der Waals surface area contributed by atoms with E-state index in [9.17, 15) is 5.26 Å². The highest BCUT2D eigenvalue weighted by atomic mass is 35.5. The quantitative estimate of drug-likeness (QED) is 0.707. The molecule has 0 saturated heterocycles. The Kier molecular flexibility index (Phi) is 4.76. The molecule has 0 bridgehead atoms. The lowest BCUT2D eigenvalue weighted by atomic mass is 9.67. The summed E-state index contributed by atoms with van der Waals surface area (Å²) in [7, 11) is 0. The highest BCUT2D eigenvalue weighted by molar-refractivity contribution is 6.33. The van der Waals surface area contributed by atoms with Crippen molar-refractivity contribution in [3.8, 4) is 6.07 Å². The zero-order chi connectivity index (χ0) is 13.9. The van der Waals surface area contributed by atoms with Crippen LogP contribution >= 0.6 is 23.2 Å². The molecule has 0 aromatic heterocycles. The first-order chi connectivity index (χ1) is 9.08. The van der Waals surface area contributed by atoms with E-state index in [4.69, 9.17) is 23.2 Å². The molecule has 1 aliphatic carbocycles. The van der Waals surface area contributed by atoms with Gasteiger partial charge in [-0.1, -0.05) is 49.4 Å². The van der Waals surface area contributed by atoms with Crippen LogP contribution in [-0.4, -0.2) is 0 Å². The molecule has 1 aromatic rings. The molecule has 0 spiro atoms. The molecule has 2 atom stereocenters. The Morgan fingerprint density at radius 3 is 2.89 bits per heavy atom. The van der Waals surface area contributed by atoms with Gasteiger partial charge in [0.05, 0.1) is 11.5 Å². The second kappa shape index (κ2) is 6.16. The van der Waals surface area contributed by atoms with Crippen molar-refractivity contribution in [1.29, 1.82) is 5.26 Å². The Labute approximate surface area is 125 Å². The van der Waals surface area contributed by atoms with Crippen molar-refractivity contribution < 1.29 is 0 Å². The van der Waals surface area contributed by atoms with Crippen molar-refractivity contribution in [1.82, 2.24) is 0 Å². The first-order valence-corrected chi connectivity index (χ1v) is 7.69. The summed E-state index contributed by atoms with van der Waals surface area (Å²) in [6.07, 6.45) is 6.24. The minimum atomic E-state index is -0.257. The fourth-order valence-corrected chi connectivity index (χ4v) is 3.56. The van der Waals surface area contributed by atoms with Gasteiger partial charge in [0.1, 0.15) is 0 Å². The summed E-state index contributed by atoms with van der Waals surface area (Å²) < 4.78 is 0. The van der Waals surface area contributed by atoms with Crippen LogP contribution in [0.15, 0.2) is 18.2 Å². The van der Waals surface area contributed by atoms with E-state index in [1.165, 1.54) is 6.42 Å². The van der Waals surface area contributed by atoms with Crippen LogP contribution in [0.5, 0.6) is 0 Å². The van der Waals surface area contributed by atoms with Gasteiger partial charge in [-0.05, 0) is 48.9 Å². The maximum absolute atomic E-state index is 9.65. The number of hydrogen-bond acceptors (Lipinski definition) is 1. The lowest BCUT2D eigenvalue weighted by Crippen LogP contribution is -2.29. The Hall–Kier alpha value is -0.710. The molecule has 102 valence electrons. The molecule has 0 N–H and O–H groups in total. The Bertz CT molecular complexity index is 492. The number of nitriles is 1. The molecule has 1 aliphatic rings. The fraction of sp³-hybridized carbons (Fsp3) is 0.562. The maximum Gasteiger partial charge on any atom is 0.0693 e. The van der Waals surface area contributed by atoms with Crippen molar-refractivity contribution in [2.24, 2.45) is 11.3 Å². The van der Waals surface area contributed by atoms with Crippen molar-refractivity contribution in [2.45, 2.75) is 45.4 Å². The lowest BCUT2D eigenvalue weighted by molar-refractivity contribution is 0.194. The molecule has 0 amide bonds. The minimum absolute atomic E-state index is 0.257. The SMILES string of the molecule is CCC1CCCC(C#N)(Cc2cc(Cl)ccc2Cl)C1. The lowest BCUT2D eigenvalue weighted by Gasteiger charge is -2.35. The number of hydrogen-bond donors (Lipinski definition) is 0. The maximum atomic E-state index is 9.65. The summed E-state index contributed by atoms with van der Waals surface area (Å²) in [5.41, 5.74) is 0.750. The predicted octanol–water partition coefficient (Wildman–Crippen LogP) is 5.65. The second-order valence-corrected chi connectivity index (χ2v) is 6.52. The van der Waals surface area contributed by atoms with E-state index in [2.05, 4.69) is 13.0 Å². The van der Waals surface area contributed by atoms with Crippen LogP contribution in [0.4, 0.5) is 0 Å². The van der Waals surface area contributed by atoms with Gasteiger partial charge in [0, 0.05) is 10.0 Å². The summed E-state index contributed by atoms with van der Waals surface area (Å²) in [5, 5.41) is 11.1. The average molecular weight is 296 g/mol.